The second kappa shape index (κ2) is 11.7. The molecule has 1 fully saturated rings. The first-order chi connectivity index (χ1) is 15.3. The number of carbonyl (C=O) groups is 1. The zero-order chi connectivity index (χ0) is 23.0. The van der Waals surface area contributed by atoms with Crippen LogP contribution >= 0.6 is 23.5 Å². The maximum atomic E-state index is 12.5. The molecule has 1 amide bonds. The van der Waals surface area contributed by atoms with Gasteiger partial charge >= 0.3 is 6.18 Å². The molecule has 1 aliphatic rings. The van der Waals surface area contributed by atoms with Crippen LogP contribution in [0.2, 0.25) is 0 Å². The van der Waals surface area contributed by atoms with Crippen molar-refractivity contribution in [1.29, 1.82) is 0 Å². The first kappa shape index (κ1) is 24.6. The summed E-state index contributed by atoms with van der Waals surface area (Å²) in [6.07, 6.45) is -4.20. The number of nitrogens with one attached hydrogen (secondary N) is 1. The SMILES string of the molecule is O=C(COc1ccc(C2SCCCS2)cc1)NCC(O)COc1ccc(C(F)(F)F)cc1. The lowest BCUT2D eigenvalue weighted by molar-refractivity contribution is -0.137. The molecule has 10 heteroatoms. The minimum Gasteiger partial charge on any atom is -0.491 e. The third kappa shape index (κ3) is 7.83. The Bertz CT molecular complexity index is 857. The molecule has 5 nitrogen and oxygen atoms in total. The first-order valence-electron chi connectivity index (χ1n) is 10.0. The maximum absolute atomic E-state index is 12.5. The van der Waals surface area contributed by atoms with Crippen LogP contribution in [0.25, 0.3) is 0 Å². The van der Waals surface area contributed by atoms with Crippen LogP contribution in [0.15, 0.2) is 48.5 Å². The van der Waals surface area contributed by atoms with E-state index in [4.69, 9.17) is 9.47 Å². The van der Waals surface area contributed by atoms with E-state index in [9.17, 15) is 23.1 Å². The number of hydrogen-bond donors (Lipinski definition) is 2. The summed E-state index contributed by atoms with van der Waals surface area (Å²) < 4.78 is 48.8. The van der Waals surface area contributed by atoms with Crippen molar-refractivity contribution >= 4 is 29.4 Å². The average molecular weight is 488 g/mol. The smallest absolute Gasteiger partial charge is 0.416 e. The van der Waals surface area contributed by atoms with Gasteiger partial charge < -0.3 is 19.9 Å². The molecule has 2 N–H and O–H groups in total. The van der Waals surface area contributed by atoms with Crippen LogP contribution in [0.5, 0.6) is 11.5 Å². The number of thioether (sulfide) groups is 2. The molecule has 1 unspecified atom stereocenters. The van der Waals surface area contributed by atoms with Crippen molar-refractivity contribution in [2.45, 2.75) is 23.3 Å². The number of carbonyl (C=O) groups excluding carboxylic acids is 1. The Labute approximate surface area is 193 Å². The zero-order valence-electron chi connectivity index (χ0n) is 17.1. The van der Waals surface area contributed by atoms with Gasteiger partial charge in [-0.3, -0.25) is 4.79 Å². The third-order valence-corrected chi connectivity index (χ3v) is 7.52. The molecule has 0 saturated carbocycles. The summed E-state index contributed by atoms with van der Waals surface area (Å²) in [4.78, 5) is 11.9. The number of hydrogen-bond acceptors (Lipinski definition) is 6. The van der Waals surface area contributed by atoms with Gasteiger partial charge in [0.1, 0.15) is 24.2 Å². The molecule has 0 aromatic heterocycles. The van der Waals surface area contributed by atoms with Gasteiger partial charge in [-0.2, -0.15) is 13.2 Å². The van der Waals surface area contributed by atoms with Gasteiger partial charge in [0, 0.05) is 6.54 Å². The van der Waals surface area contributed by atoms with Crippen molar-refractivity contribution < 1.29 is 32.5 Å². The van der Waals surface area contributed by atoms with Gasteiger partial charge in [0.25, 0.3) is 5.91 Å². The van der Waals surface area contributed by atoms with Crippen LogP contribution in [-0.4, -0.2) is 48.4 Å². The number of aliphatic hydroxyl groups excluding tert-OH is 1. The van der Waals surface area contributed by atoms with Gasteiger partial charge in [0.05, 0.1) is 10.1 Å². The standard InChI is InChI=1S/C22H24F3NO4S2/c23-22(24,25)16-4-8-19(9-5-16)29-13-17(27)12-26-20(28)14-30-18-6-2-15(3-7-18)21-31-10-1-11-32-21/h2-9,17,21,27H,1,10-14H2,(H,26,28). The van der Waals surface area contributed by atoms with Crippen molar-refractivity contribution in [1.82, 2.24) is 5.32 Å². The van der Waals surface area contributed by atoms with Crippen LogP contribution in [0.3, 0.4) is 0 Å². The zero-order valence-corrected chi connectivity index (χ0v) is 18.8. The molecule has 2 aromatic rings. The summed E-state index contributed by atoms with van der Waals surface area (Å²) in [7, 11) is 0. The molecule has 3 rings (SSSR count). The molecule has 0 aliphatic carbocycles. The lowest BCUT2D eigenvalue weighted by atomic mass is 10.2. The van der Waals surface area contributed by atoms with Crippen LogP contribution in [0.1, 0.15) is 22.1 Å². The fraction of sp³-hybridized carbons (Fsp3) is 0.409. The molecule has 1 heterocycles. The summed E-state index contributed by atoms with van der Waals surface area (Å²) in [5, 5.41) is 12.5. The summed E-state index contributed by atoms with van der Waals surface area (Å²) in [5.41, 5.74) is 0.451. The lowest BCUT2D eigenvalue weighted by Gasteiger charge is -2.21. The number of halogens is 3. The van der Waals surface area contributed by atoms with E-state index in [0.717, 1.165) is 23.6 Å². The molecule has 1 aliphatic heterocycles. The van der Waals surface area contributed by atoms with Gasteiger partial charge in [0.2, 0.25) is 0 Å². The van der Waals surface area contributed by atoms with Crippen LogP contribution in [0, 0.1) is 0 Å². The molecular weight excluding hydrogens is 463 g/mol. The summed E-state index contributed by atoms with van der Waals surface area (Å²) in [6.45, 7) is -0.443. The van der Waals surface area contributed by atoms with E-state index in [0.29, 0.717) is 10.3 Å². The normalized spacial score (nSPS) is 15.8. The molecule has 2 aromatic carbocycles. The number of alkyl halides is 3. The highest BCUT2D eigenvalue weighted by molar-refractivity contribution is 8.16. The fourth-order valence-electron chi connectivity index (χ4n) is 2.82. The van der Waals surface area contributed by atoms with Crippen molar-refractivity contribution in [3.05, 3.63) is 59.7 Å². The number of rotatable bonds is 9. The van der Waals surface area contributed by atoms with Gasteiger partial charge in [-0.15, -0.1) is 23.5 Å². The van der Waals surface area contributed by atoms with E-state index in [1.165, 1.54) is 24.1 Å². The number of benzene rings is 2. The predicted octanol–water partition coefficient (Wildman–Crippen LogP) is 4.51. The van der Waals surface area contributed by atoms with Crippen molar-refractivity contribution in [2.75, 3.05) is 31.3 Å². The van der Waals surface area contributed by atoms with E-state index >= 15 is 0 Å². The second-order valence-corrected chi connectivity index (χ2v) is 9.80. The molecular formula is C22H24F3NO4S2. The monoisotopic (exact) mass is 487 g/mol. The van der Waals surface area contributed by atoms with Crippen LogP contribution in [-0.2, 0) is 11.0 Å². The molecule has 0 spiro atoms. The Balaban J connectivity index is 1.33. The second-order valence-electron chi connectivity index (χ2n) is 7.08. The number of amides is 1. The first-order valence-corrected chi connectivity index (χ1v) is 12.1. The quantitative estimate of drug-likeness (QED) is 0.543. The minimum absolute atomic E-state index is 0.0715. The molecule has 1 saturated heterocycles. The van der Waals surface area contributed by atoms with E-state index in [1.807, 2.05) is 47.8 Å². The van der Waals surface area contributed by atoms with Crippen LogP contribution < -0.4 is 14.8 Å². The largest absolute Gasteiger partial charge is 0.491 e. The van der Waals surface area contributed by atoms with Gasteiger partial charge in [0.15, 0.2) is 6.61 Å². The highest BCUT2D eigenvalue weighted by Crippen LogP contribution is 2.43. The summed E-state index contributed by atoms with van der Waals surface area (Å²) in [6, 6.07) is 11.9. The maximum Gasteiger partial charge on any atom is 0.416 e. The lowest BCUT2D eigenvalue weighted by Crippen LogP contribution is -2.37. The molecule has 1 atom stereocenters. The Morgan fingerprint density at radius 2 is 1.62 bits per heavy atom. The average Bonchev–Trinajstić information content (AvgIpc) is 2.80. The fourth-order valence-corrected chi connectivity index (χ4v) is 5.72. The Hall–Kier alpha value is -2.04. The van der Waals surface area contributed by atoms with Crippen LogP contribution in [0.4, 0.5) is 13.2 Å². The number of ether oxygens (including phenoxy) is 2. The molecule has 0 radical (unpaired) electrons. The molecule has 0 bridgehead atoms. The molecule has 32 heavy (non-hydrogen) atoms. The minimum atomic E-state index is -4.42. The highest BCUT2D eigenvalue weighted by Gasteiger charge is 2.30. The third-order valence-electron chi connectivity index (χ3n) is 4.51. The Morgan fingerprint density at radius 3 is 2.25 bits per heavy atom. The van der Waals surface area contributed by atoms with Crippen molar-refractivity contribution in [3.63, 3.8) is 0 Å². The van der Waals surface area contributed by atoms with Gasteiger partial charge in [-0.05, 0) is 59.9 Å². The van der Waals surface area contributed by atoms with Crippen molar-refractivity contribution in [3.8, 4) is 11.5 Å². The topological polar surface area (TPSA) is 67.8 Å². The van der Waals surface area contributed by atoms with E-state index < -0.39 is 23.8 Å². The molecule has 174 valence electrons. The summed E-state index contributed by atoms with van der Waals surface area (Å²) >= 11 is 3.87. The summed E-state index contributed by atoms with van der Waals surface area (Å²) in [5.74, 6) is 2.70. The Morgan fingerprint density at radius 1 is 1.03 bits per heavy atom. The van der Waals surface area contributed by atoms with Crippen molar-refractivity contribution in [2.24, 2.45) is 0 Å². The predicted molar refractivity (Wildman–Crippen MR) is 120 cm³/mol. The van der Waals surface area contributed by atoms with Gasteiger partial charge in [-0.1, -0.05) is 12.1 Å². The van der Waals surface area contributed by atoms with E-state index in [2.05, 4.69) is 5.32 Å². The Kier molecular flexibility index (Phi) is 9.01. The highest BCUT2D eigenvalue weighted by atomic mass is 32.2. The van der Waals surface area contributed by atoms with Gasteiger partial charge in [-0.25, -0.2) is 0 Å². The van der Waals surface area contributed by atoms with E-state index in [-0.39, 0.29) is 25.5 Å². The number of aliphatic hydroxyl groups is 1. The van der Waals surface area contributed by atoms with E-state index in [1.54, 1.807) is 0 Å².